The number of rotatable bonds is 1. The number of amides is 1. The lowest BCUT2D eigenvalue weighted by molar-refractivity contribution is 0.0258. The van der Waals surface area contributed by atoms with Gasteiger partial charge in [-0.25, -0.2) is 9.78 Å². The average molecular weight is 369 g/mol. The number of para-hydroxylation sites is 1. The lowest BCUT2D eigenvalue weighted by atomic mass is 10.0. The molecule has 1 amide bonds. The van der Waals surface area contributed by atoms with Crippen molar-refractivity contribution in [3.63, 3.8) is 0 Å². The van der Waals surface area contributed by atoms with E-state index in [1.165, 1.54) is 0 Å². The molecule has 0 atom stereocenters. The molecule has 1 fully saturated rings. The van der Waals surface area contributed by atoms with Crippen molar-refractivity contribution in [2.45, 2.75) is 45.6 Å². The van der Waals surface area contributed by atoms with E-state index in [0.717, 1.165) is 33.6 Å². The van der Waals surface area contributed by atoms with Gasteiger partial charge in [0.25, 0.3) is 0 Å². The second kappa shape index (κ2) is 7.46. The minimum absolute atomic E-state index is 0.280. The fourth-order valence-electron chi connectivity index (χ4n) is 3.01. The number of fused-ring (bicyclic) bond motifs is 1. The molecule has 6 heteroatoms. The van der Waals surface area contributed by atoms with Gasteiger partial charge in [0.05, 0.1) is 15.8 Å². The number of carbonyl (C=O) groups excluding carboxylic acids is 1. The van der Waals surface area contributed by atoms with Gasteiger partial charge in [0, 0.05) is 13.1 Å². The van der Waals surface area contributed by atoms with Crippen LogP contribution >= 0.6 is 11.3 Å². The van der Waals surface area contributed by atoms with Crippen LogP contribution in [-0.4, -0.2) is 34.7 Å². The van der Waals surface area contributed by atoms with E-state index in [1.807, 2.05) is 45.0 Å². The van der Waals surface area contributed by atoms with Crippen LogP contribution < -0.4 is 0 Å². The largest absolute Gasteiger partial charge is 0.444 e. The third-order valence-electron chi connectivity index (χ3n) is 4.21. The number of aromatic nitrogens is 1. The number of nitrogens with zero attached hydrogens (tertiary/aromatic N) is 3. The smallest absolute Gasteiger partial charge is 0.410 e. The van der Waals surface area contributed by atoms with E-state index in [1.54, 1.807) is 16.2 Å². The van der Waals surface area contributed by atoms with Crippen LogP contribution in [0.1, 0.15) is 45.0 Å². The summed E-state index contributed by atoms with van der Waals surface area (Å²) in [6.07, 6.45) is 2.03. The molecule has 2 aromatic rings. The number of ether oxygens (including phenoxy) is 1. The highest BCUT2D eigenvalue weighted by Crippen LogP contribution is 2.32. The van der Waals surface area contributed by atoms with E-state index in [0.29, 0.717) is 25.1 Å². The van der Waals surface area contributed by atoms with Crippen molar-refractivity contribution in [2.24, 2.45) is 0 Å². The summed E-state index contributed by atoms with van der Waals surface area (Å²) in [5.74, 6) is 0. The first-order chi connectivity index (χ1) is 12.4. The van der Waals surface area contributed by atoms with Crippen LogP contribution in [0.25, 0.3) is 15.8 Å². The Morgan fingerprint density at radius 2 is 2.04 bits per heavy atom. The number of hydrogen-bond donors (Lipinski definition) is 0. The van der Waals surface area contributed by atoms with Crippen molar-refractivity contribution in [1.82, 2.24) is 9.88 Å². The van der Waals surface area contributed by atoms with Crippen LogP contribution in [0.2, 0.25) is 0 Å². The monoisotopic (exact) mass is 369 g/mol. The maximum Gasteiger partial charge on any atom is 0.410 e. The molecule has 1 aliphatic rings. The summed E-state index contributed by atoms with van der Waals surface area (Å²) in [5, 5.41) is 10.5. The van der Waals surface area contributed by atoms with Gasteiger partial charge in [-0.3, -0.25) is 0 Å². The summed E-state index contributed by atoms with van der Waals surface area (Å²) in [7, 11) is 0. The summed E-state index contributed by atoms with van der Waals surface area (Å²) in [6.45, 7) is 6.83. The quantitative estimate of drug-likeness (QED) is 0.664. The second-order valence-electron chi connectivity index (χ2n) is 7.40. The number of likely N-dealkylation sites (tertiary alicyclic amines) is 1. The van der Waals surface area contributed by atoms with Gasteiger partial charge in [-0.05, 0) is 57.7 Å². The first kappa shape index (κ1) is 18.4. The number of allylic oxidation sites excluding steroid dienone is 1. The topological polar surface area (TPSA) is 66.2 Å². The van der Waals surface area contributed by atoms with Crippen molar-refractivity contribution in [1.29, 1.82) is 5.26 Å². The van der Waals surface area contributed by atoms with E-state index < -0.39 is 5.60 Å². The van der Waals surface area contributed by atoms with E-state index in [2.05, 4.69) is 11.1 Å². The molecule has 1 aromatic carbocycles. The lowest BCUT2D eigenvalue weighted by Crippen LogP contribution is -2.37. The lowest BCUT2D eigenvalue weighted by Gasteiger charge is -2.26. The molecule has 0 saturated carbocycles. The number of carbonyl (C=O) groups is 1. The molecule has 5 nitrogen and oxygen atoms in total. The van der Waals surface area contributed by atoms with Gasteiger partial charge in [-0.1, -0.05) is 12.1 Å². The predicted octanol–water partition coefficient (Wildman–Crippen LogP) is 4.99. The first-order valence-corrected chi connectivity index (χ1v) is 9.65. The van der Waals surface area contributed by atoms with Crippen LogP contribution in [0.4, 0.5) is 4.79 Å². The average Bonchev–Trinajstić information content (AvgIpc) is 2.84. The van der Waals surface area contributed by atoms with E-state index in [-0.39, 0.29) is 6.09 Å². The van der Waals surface area contributed by atoms with Gasteiger partial charge >= 0.3 is 6.09 Å². The third-order valence-corrected chi connectivity index (χ3v) is 5.27. The second-order valence-corrected chi connectivity index (χ2v) is 8.43. The minimum atomic E-state index is -0.499. The zero-order chi connectivity index (χ0) is 18.7. The molecule has 136 valence electrons. The molecule has 1 saturated heterocycles. The molecule has 0 spiro atoms. The standard InChI is InChI=1S/C20H23N3O2S/c1-20(2,3)25-19(24)23-11-6-7-14(10-12-23)15(13-21)18-22-16-8-4-5-9-17(16)26-18/h4-5,8-9H,6-7,10-12H2,1-3H3. The predicted molar refractivity (Wildman–Crippen MR) is 104 cm³/mol. The maximum absolute atomic E-state index is 12.3. The van der Waals surface area contributed by atoms with Crippen molar-refractivity contribution in [3.05, 3.63) is 34.8 Å². The molecule has 26 heavy (non-hydrogen) atoms. The van der Waals surface area contributed by atoms with Gasteiger partial charge in [0.1, 0.15) is 16.7 Å². The highest BCUT2D eigenvalue weighted by molar-refractivity contribution is 7.19. The number of thiazole rings is 1. The maximum atomic E-state index is 12.3. The van der Waals surface area contributed by atoms with Crippen molar-refractivity contribution in [2.75, 3.05) is 13.1 Å². The fourth-order valence-corrected chi connectivity index (χ4v) is 4.02. The normalized spacial score (nSPS) is 17.5. The van der Waals surface area contributed by atoms with Crippen molar-refractivity contribution >= 4 is 33.2 Å². The fraction of sp³-hybridized carbons (Fsp3) is 0.450. The van der Waals surface area contributed by atoms with E-state index in [9.17, 15) is 10.1 Å². The molecular formula is C20H23N3O2S. The molecule has 0 radical (unpaired) electrons. The molecule has 0 aliphatic carbocycles. The molecule has 2 heterocycles. The summed E-state index contributed by atoms with van der Waals surface area (Å²) in [4.78, 5) is 18.7. The first-order valence-electron chi connectivity index (χ1n) is 8.83. The number of hydrogen-bond acceptors (Lipinski definition) is 5. The van der Waals surface area contributed by atoms with Gasteiger partial charge in [0.15, 0.2) is 0 Å². The number of benzene rings is 1. The Balaban J connectivity index is 1.81. The Morgan fingerprint density at radius 3 is 2.73 bits per heavy atom. The zero-order valence-electron chi connectivity index (χ0n) is 15.4. The zero-order valence-corrected chi connectivity index (χ0v) is 16.2. The van der Waals surface area contributed by atoms with E-state index in [4.69, 9.17) is 4.74 Å². The summed E-state index contributed by atoms with van der Waals surface area (Å²) >= 11 is 1.55. The molecular weight excluding hydrogens is 346 g/mol. The summed E-state index contributed by atoms with van der Waals surface area (Å²) < 4.78 is 6.56. The van der Waals surface area contributed by atoms with Gasteiger partial charge < -0.3 is 9.64 Å². The Bertz CT molecular complexity index is 853. The molecule has 0 N–H and O–H groups in total. The van der Waals surface area contributed by atoms with Crippen molar-refractivity contribution in [3.8, 4) is 6.07 Å². The molecule has 1 aliphatic heterocycles. The molecule has 1 aromatic heterocycles. The Morgan fingerprint density at radius 1 is 1.27 bits per heavy atom. The molecule has 0 bridgehead atoms. The number of nitriles is 1. The van der Waals surface area contributed by atoms with Gasteiger partial charge in [0.2, 0.25) is 0 Å². The van der Waals surface area contributed by atoms with Crippen LogP contribution in [0, 0.1) is 11.3 Å². The Labute approximate surface area is 157 Å². The SMILES string of the molecule is CC(C)(C)OC(=O)N1CCCC(=C(C#N)c2nc3ccccc3s2)CC1. The highest BCUT2D eigenvalue weighted by atomic mass is 32.1. The van der Waals surface area contributed by atoms with Gasteiger partial charge in [-0.2, -0.15) is 5.26 Å². The summed E-state index contributed by atoms with van der Waals surface area (Å²) in [5.41, 5.74) is 2.17. The highest BCUT2D eigenvalue weighted by Gasteiger charge is 2.25. The van der Waals surface area contributed by atoms with Gasteiger partial charge in [-0.15, -0.1) is 11.3 Å². The third kappa shape index (κ3) is 4.23. The van der Waals surface area contributed by atoms with Crippen LogP contribution in [-0.2, 0) is 4.74 Å². The Kier molecular flexibility index (Phi) is 5.28. The van der Waals surface area contributed by atoms with Crippen LogP contribution in [0.15, 0.2) is 29.8 Å². The Hall–Kier alpha value is -2.39. The van der Waals surface area contributed by atoms with Crippen LogP contribution in [0.3, 0.4) is 0 Å². The molecule has 0 unspecified atom stereocenters. The van der Waals surface area contributed by atoms with Crippen molar-refractivity contribution < 1.29 is 9.53 Å². The van der Waals surface area contributed by atoms with Crippen LogP contribution in [0.5, 0.6) is 0 Å². The van der Waals surface area contributed by atoms with E-state index >= 15 is 0 Å². The summed E-state index contributed by atoms with van der Waals surface area (Å²) in [6, 6.07) is 10.3. The molecule has 3 rings (SSSR count). The minimum Gasteiger partial charge on any atom is -0.444 e.